The Balaban J connectivity index is 0.000000115. The van der Waals surface area contributed by atoms with Crippen LogP contribution in [0.2, 0.25) is 0 Å². The van der Waals surface area contributed by atoms with Gasteiger partial charge in [0.05, 0.1) is 57.5 Å². The number of hydrogen-bond donors (Lipinski definition) is 3. The minimum Gasteiger partial charge on any atom is -0.381 e. The van der Waals surface area contributed by atoms with Crippen LogP contribution in [0.3, 0.4) is 0 Å². The molecule has 9 heteroatoms. The summed E-state index contributed by atoms with van der Waals surface area (Å²) in [6, 6.07) is 0. The molecule has 186 valence electrons. The van der Waals surface area contributed by atoms with E-state index < -0.39 is 0 Å². The summed E-state index contributed by atoms with van der Waals surface area (Å²) in [4.78, 5) is 0. The third-order valence-electron chi connectivity index (χ3n) is 6.69. The fraction of sp³-hybridized carbons (Fsp3) is 1.00. The first-order valence-electron chi connectivity index (χ1n) is 12.6. The lowest BCUT2D eigenvalue weighted by molar-refractivity contribution is -0.0391. The molecule has 0 radical (unpaired) electrons. The van der Waals surface area contributed by atoms with Crippen molar-refractivity contribution >= 4 is 0 Å². The molecule has 6 heterocycles. The topological polar surface area (TPSA) is 91.5 Å². The molecule has 0 aliphatic carbocycles. The van der Waals surface area contributed by atoms with Crippen LogP contribution in [0.15, 0.2) is 0 Å². The van der Waals surface area contributed by atoms with Crippen molar-refractivity contribution in [2.75, 3.05) is 92.1 Å². The molecule has 6 saturated heterocycles. The third-order valence-corrected chi connectivity index (χ3v) is 6.69. The fourth-order valence-corrected chi connectivity index (χ4v) is 3.98. The van der Waals surface area contributed by atoms with E-state index in [4.69, 9.17) is 28.4 Å². The van der Waals surface area contributed by atoms with Gasteiger partial charge in [-0.15, -0.1) is 0 Å². The van der Waals surface area contributed by atoms with Crippen molar-refractivity contribution in [1.82, 2.24) is 16.0 Å². The van der Waals surface area contributed by atoms with E-state index in [9.17, 15) is 0 Å². The molecule has 3 N–H and O–H groups in total. The molecule has 3 atom stereocenters. The molecule has 0 aromatic heterocycles. The van der Waals surface area contributed by atoms with Crippen molar-refractivity contribution in [3.8, 4) is 0 Å². The zero-order valence-electron chi connectivity index (χ0n) is 19.4. The molecule has 0 spiro atoms. The predicted molar refractivity (Wildman–Crippen MR) is 120 cm³/mol. The van der Waals surface area contributed by atoms with Gasteiger partial charge < -0.3 is 44.4 Å². The van der Waals surface area contributed by atoms with Gasteiger partial charge in [-0.2, -0.15) is 0 Å². The highest BCUT2D eigenvalue weighted by Gasteiger charge is 2.25. The number of nitrogens with one attached hydrogen (secondary N) is 3. The summed E-state index contributed by atoms with van der Waals surface area (Å²) in [5.41, 5.74) is 0. The molecule has 6 rings (SSSR count). The lowest BCUT2D eigenvalue weighted by atomic mass is 10.1. The first kappa shape index (κ1) is 24.8. The van der Waals surface area contributed by atoms with E-state index in [1.807, 2.05) is 0 Å². The van der Waals surface area contributed by atoms with Crippen LogP contribution >= 0.6 is 0 Å². The maximum absolute atomic E-state index is 5.66. The largest absolute Gasteiger partial charge is 0.381 e. The van der Waals surface area contributed by atoms with Crippen LogP contribution in [-0.4, -0.2) is 117 Å². The molecule has 6 aliphatic heterocycles. The Bertz CT molecular complexity index is 456. The second-order valence-corrected chi connectivity index (χ2v) is 9.59. The first-order valence-corrected chi connectivity index (χ1v) is 12.6. The fourth-order valence-electron chi connectivity index (χ4n) is 3.98. The second kappa shape index (κ2) is 14.1. The molecule has 0 bridgehead atoms. The van der Waals surface area contributed by atoms with Crippen molar-refractivity contribution < 1.29 is 28.4 Å². The summed E-state index contributed by atoms with van der Waals surface area (Å²) in [7, 11) is 0. The molecule has 2 unspecified atom stereocenters. The lowest BCUT2D eigenvalue weighted by Gasteiger charge is -2.29. The summed E-state index contributed by atoms with van der Waals surface area (Å²) in [5, 5.41) is 9.53. The molecule has 0 aromatic carbocycles. The highest BCUT2D eigenvalue weighted by molar-refractivity contribution is 4.78. The Hall–Kier alpha value is -0.360. The van der Waals surface area contributed by atoms with Crippen molar-refractivity contribution in [3.05, 3.63) is 0 Å². The zero-order valence-corrected chi connectivity index (χ0v) is 19.4. The van der Waals surface area contributed by atoms with Gasteiger partial charge in [-0.05, 0) is 19.3 Å². The summed E-state index contributed by atoms with van der Waals surface area (Å²) in [5.74, 6) is 1.33. The van der Waals surface area contributed by atoms with Crippen LogP contribution in [0.1, 0.15) is 19.3 Å². The molecular weight excluding hydrogens is 414 g/mol. The van der Waals surface area contributed by atoms with Gasteiger partial charge in [0.1, 0.15) is 0 Å². The SMILES string of the molecule is C1CC(COC2CNC2)CO1.C1CC(OC2CNC2)CO1.C1C[C@H](COC2CNC2)CO1. The Labute approximate surface area is 192 Å². The Morgan fingerprint density at radius 3 is 1.34 bits per heavy atom. The quantitative estimate of drug-likeness (QED) is 0.458. The summed E-state index contributed by atoms with van der Waals surface area (Å²) in [6.07, 6.45) is 5.25. The summed E-state index contributed by atoms with van der Waals surface area (Å²) in [6.45, 7) is 13.3. The van der Waals surface area contributed by atoms with Crippen LogP contribution < -0.4 is 16.0 Å². The van der Waals surface area contributed by atoms with Gasteiger partial charge in [-0.1, -0.05) is 0 Å². The second-order valence-electron chi connectivity index (χ2n) is 9.59. The monoisotopic (exact) mass is 457 g/mol. The van der Waals surface area contributed by atoms with Gasteiger partial charge in [0.25, 0.3) is 0 Å². The van der Waals surface area contributed by atoms with Crippen molar-refractivity contribution in [2.24, 2.45) is 11.8 Å². The average Bonchev–Trinajstić information content (AvgIpc) is 3.47. The van der Waals surface area contributed by atoms with E-state index in [0.717, 1.165) is 98.5 Å². The van der Waals surface area contributed by atoms with E-state index in [1.165, 1.54) is 12.8 Å². The number of rotatable bonds is 8. The van der Waals surface area contributed by atoms with Crippen LogP contribution in [0.25, 0.3) is 0 Å². The third kappa shape index (κ3) is 8.77. The maximum atomic E-state index is 5.66. The van der Waals surface area contributed by atoms with Gasteiger partial charge in [0.2, 0.25) is 0 Å². The summed E-state index contributed by atoms with van der Waals surface area (Å²) < 4.78 is 32.6. The van der Waals surface area contributed by atoms with Crippen molar-refractivity contribution in [3.63, 3.8) is 0 Å². The molecule has 0 saturated carbocycles. The first-order chi connectivity index (χ1) is 15.8. The maximum Gasteiger partial charge on any atom is 0.0835 e. The average molecular weight is 458 g/mol. The molecule has 0 amide bonds. The van der Waals surface area contributed by atoms with Gasteiger partial charge in [-0.25, -0.2) is 0 Å². The Kier molecular flexibility index (Phi) is 10.9. The molecule has 6 fully saturated rings. The minimum atomic E-state index is 0.382. The summed E-state index contributed by atoms with van der Waals surface area (Å²) >= 11 is 0. The van der Waals surface area contributed by atoms with Crippen molar-refractivity contribution in [1.29, 1.82) is 0 Å². The van der Waals surface area contributed by atoms with Gasteiger partial charge in [0.15, 0.2) is 0 Å². The Morgan fingerprint density at radius 2 is 1.00 bits per heavy atom. The minimum absolute atomic E-state index is 0.382. The van der Waals surface area contributed by atoms with Crippen LogP contribution in [0.5, 0.6) is 0 Å². The molecule has 0 aromatic rings. The molecular formula is C23H43N3O6. The lowest BCUT2D eigenvalue weighted by Crippen LogP contribution is -2.50. The van der Waals surface area contributed by atoms with Crippen LogP contribution in [-0.2, 0) is 28.4 Å². The number of ether oxygens (including phenoxy) is 6. The van der Waals surface area contributed by atoms with Gasteiger partial charge >= 0.3 is 0 Å². The van der Waals surface area contributed by atoms with E-state index >= 15 is 0 Å². The highest BCUT2D eigenvalue weighted by Crippen LogP contribution is 2.15. The normalized spacial score (nSPS) is 32.8. The van der Waals surface area contributed by atoms with Gasteiger partial charge in [-0.3, -0.25) is 0 Å². The van der Waals surface area contributed by atoms with E-state index in [1.54, 1.807) is 0 Å². The smallest absolute Gasteiger partial charge is 0.0835 e. The van der Waals surface area contributed by atoms with E-state index in [0.29, 0.717) is 36.3 Å². The molecule has 32 heavy (non-hydrogen) atoms. The zero-order chi connectivity index (χ0) is 21.8. The molecule has 6 aliphatic rings. The predicted octanol–water partition coefficient (Wildman–Crippen LogP) is -0.214. The van der Waals surface area contributed by atoms with Crippen LogP contribution in [0.4, 0.5) is 0 Å². The highest BCUT2D eigenvalue weighted by atomic mass is 16.6. The number of hydrogen-bond acceptors (Lipinski definition) is 9. The van der Waals surface area contributed by atoms with Crippen molar-refractivity contribution in [2.45, 2.75) is 43.7 Å². The molecule has 9 nitrogen and oxygen atoms in total. The van der Waals surface area contributed by atoms with E-state index in [2.05, 4.69) is 16.0 Å². The van der Waals surface area contributed by atoms with Crippen LogP contribution in [0, 0.1) is 11.8 Å². The Morgan fingerprint density at radius 1 is 0.531 bits per heavy atom. The van der Waals surface area contributed by atoms with E-state index in [-0.39, 0.29) is 0 Å². The van der Waals surface area contributed by atoms with Gasteiger partial charge in [0, 0.05) is 70.9 Å². The standard InChI is InChI=1S/2C8H15NO2.C7H13NO2/c2*1-2-10-5-7(1)6-11-8-3-9-4-8;1-2-9-5-6(1)10-7-3-8-4-7/h2*7-9H,1-6H2;6-8H,1-5H2/t7-;;/m0../s1.